The van der Waals surface area contributed by atoms with Crippen LogP contribution in [0.4, 0.5) is 0 Å². The Morgan fingerprint density at radius 2 is 1.63 bits per heavy atom. The van der Waals surface area contributed by atoms with Gasteiger partial charge in [0.05, 0.1) is 6.61 Å². The van der Waals surface area contributed by atoms with Crippen LogP contribution in [-0.2, 0) is 17.8 Å². The number of aliphatic hydroxyl groups is 1. The highest BCUT2D eigenvalue weighted by atomic mass is 35.5. The van der Waals surface area contributed by atoms with Crippen LogP contribution in [-0.4, -0.2) is 33.9 Å². The van der Waals surface area contributed by atoms with Gasteiger partial charge in [-0.2, -0.15) is 0 Å². The van der Waals surface area contributed by atoms with E-state index in [2.05, 4.69) is 69.0 Å². The number of nitrogens with zero attached hydrogens (tertiary/aromatic N) is 1. The molecule has 0 aliphatic carbocycles. The molecule has 0 amide bonds. The van der Waals surface area contributed by atoms with Crippen LogP contribution in [0.3, 0.4) is 0 Å². The second-order valence-electron chi connectivity index (χ2n) is 8.78. The third kappa shape index (κ3) is 6.66. The molecular weight excluding hydrogens is 394 g/mol. The molecule has 0 saturated carbocycles. The van der Waals surface area contributed by atoms with Crippen LogP contribution in [0.1, 0.15) is 69.2 Å². The van der Waals surface area contributed by atoms with Crippen molar-refractivity contribution < 1.29 is 9.90 Å². The molecule has 30 heavy (non-hydrogen) atoms. The molecule has 0 radical (unpaired) electrons. The Labute approximate surface area is 187 Å². The van der Waals surface area contributed by atoms with E-state index in [4.69, 9.17) is 11.6 Å². The summed E-state index contributed by atoms with van der Waals surface area (Å²) < 4.78 is 0. The van der Waals surface area contributed by atoms with Crippen molar-refractivity contribution in [2.24, 2.45) is 5.92 Å². The topological polar surface area (TPSA) is 40.5 Å². The predicted octanol–water partition coefficient (Wildman–Crippen LogP) is 5.76. The molecule has 2 aromatic carbocycles. The van der Waals surface area contributed by atoms with E-state index in [1.807, 2.05) is 19.1 Å². The van der Waals surface area contributed by atoms with Gasteiger partial charge >= 0.3 is 0 Å². The standard InChI is InChI=1S/C26H36ClNO2/c1-18(2)28(19(3)4)14-13-24(22-9-7-6-8-10-22)25-16-21(17-29)11-12-23(25)15-20(5)26(27)30/h6-12,16,18-20,24,29H,13-15,17H2,1-5H3/t20?,24-/m1/s1. The van der Waals surface area contributed by atoms with E-state index in [1.165, 1.54) is 11.1 Å². The van der Waals surface area contributed by atoms with Crippen molar-refractivity contribution in [2.45, 2.75) is 72.1 Å². The monoisotopic (exact) mass is 429 g/mol. The molecule has 4 heteroatoms. The second kappa shape index (κ2) is 11.6. The number of halogens is 1. The van der Waals surface area contributed by atoms with Gasteiger partial charge in [-0.25, -0.2) is 0 Å². The minimum Gasteiger partial charge on any atom is -0.392 e. The van der Waals surface area contributed by atoms with Crippen LogP contribution < -0.4 is 0 Å². The van der Waals surface area contributed by atoms with E-state index in [1.54, 1.807) is 0 Å². The predicted molar refractivity (Wildman–Crippen MR) is 126 cm³/mol. The molecule has 1 N–H and O–H groups in total. The molecule has 164 valence electrons. The maximum absolute atomic E-state index is 11.7. The summed E-state index contributed by atoms with van der Waals surface area (Å²) in [5, 5.41) is 9.44. The van der Waals surface area contributed by atoms with Crippen LogP contribution in [0.5, 0.6) is 0 Å². The van der Waals surface area contributed by atoms with E-state index < -0.39 is 0 Å². The summed E-state index contributed by atoms with van der Waals surface area (Å²) in [4.78, 5) is 14.2. The fourth-order valence-corrected chi connectivity index (χ4v) is 4.32. The van der Waals surface area contributed by atoms with Crippen LogP contribution in [0.2, 0.25) is 0 Å². The van der Waals surface area contributed by atoms with Crippen molar-refractivity contribution in [3.63, 3.8) is 0 Å². The fraction of sp³-hybridized carbons (Fsp3) is 0.500. The molecule has 3 nitrogen and oxygen atoms in total. The number of rotatable bonds is 11. The lowest BCUT2D eigenvalue weighted by atomic mass is 9.82. The minimum absolute atomic E-state index is 0.00287. The van der Waals surface area contributed by atoms with Gasteiger partial charge in [0.2, 0.25) is 5.24 Å². The number of hydrogen-bond acceptors (Lipinski definition) is 3. The normalized spacial score (nSPS) is 13.8. The van der Waals surface area contributed by atoms with Crippen LogP contribution in [0.25, 0.3) is 0 Å². The van der Waals surface area contributed by atoms with Gasteiger partial charge in [-0.1, -0.05) is 55.5 Å². The van der Waals surface area contributed by atoms with E-state index in [-0.39, 0.29) is 23.7 Å². The summed E-state index contributed by atoms with van der Waals surface area (Å²) in [5.74, 6) is -0.0602. The molecule has 0 spiro atoms. The zero-order chi connectivity index (χ0) is 22.3. The summed E-state index contributed by atoms with van der Waals surface area (Å²) in [6.45, 7) is 11.8. The first-order valence-corrected chi connectivity index (χ1v) is 11.3. The first-order valence-electron chi connectivity index (χ1n) is 11.0. The average Bonchev–Trinajstić information content (AvgIpc) is 2.71. The lowest BCUT2D eigenvalue weighted by Gasteiger charge is -2.33. The van der Waals surface area contributed by atoms with Gasteiger partial charge in [0, 0.05) is 23.9 Å². The van der Waals surface area contributed by atoms with Crippen LogP contribution >= 0.6 is 11.6 Å². The zero-order valence-electron chi connectivity index (χ0n) is 18.9. The molecule has 0 aliphatic rings. The molecule has 1 unspecified atom stereocenters. The second-order valence-corrected chi connectivity index (χ2v) is 9.15. The van der Waals surface area contributed by atoms with Crippen molar-refractivity contribution in [1.82, 2.24) is 4.90 Å². The number of carbonyl (C=O) groups is 1. The third-order valence-corrected chi connectivity index (χ3v) is 6.26. The van der Waals surface area contributed by atoms with Gasteiger partial charge in [0.25, 0.3) is 0 Å². The SMILES string of the molecule is CC(Cc1ccc(CO)cc1[C@H](CCN(C(C)C)C(C)C)c1ccccc1)C(=O)Cl. The Morgan fingerprint density at radius 1 is 1.00 bits per heavy atom. The lowest BCUT2D eigenvalue weighted by molar-refractivity contribution is -0.114. The van der Waals surface area contributed by atoms with Crippen molar-refractivity contribution in [3.8, 4) is 0 Å². The van der Waals surface area contributed by atoms with E-state index >= 15 is 0 Å². The quantitative estimate of drug-likeness (QED) is 0.461. The van der Waals surface area contributed by atoms with E-state index in [9.17, 15) is 9.90 Å². The van der Waals surface area contributed by atoms with Crippen molar-refractivity contribution >= 4 is 16.8 Å². The van der Waals surface area contributed by atoms with Crippen molar-refractivity contribution in [1.29, 1.82) is 0 Å². The summed E-state index contributed by atoms with van der Waals surface area (Å²) in [7, 11) is 0. The van der Waals surface area contributed by atoms with Gasteiger partial charge in [-0.15, -0.1) is 0 Å². The summed E-state index contributed by atoms with van der Waals surface area (Å²) >= 11 is 5.77. The largest absolute Gasteiger partial charge is 0.392 e. The lowest BCUT2D eigenvalue weighted by Crippen LogP contribution is -2.38. The van der Waals surface area contributed by atoms with Gasteiger partial charge in [-0.3, -0.25) is 9.69 Å². The smallest absolute Gasteiger partial charge is 0.224 e. The molecular formula is C26H36ClNO2. The number of aliphatic hydroxyl groups excluding tert-OH is 1. The first-order chi connectivity index (χ1) is 14.2. The Hall–Kier alpha value is -1.68. The Kier molecular flexibility index (Phi) is 9.54. The molecule has 0 fully saturated rings. The third-order valence-electron chi connectivity index (χ3n) is 5.89. The highest BCUT2D eigenvalue weighted by molar-refractivity contribution is 6.63. The summed E-state index contributed by atoms with van der Waals surface area (Å²) in [5.41, 5.74) is 4.46. The molecule has 2 atom stereocenters. The molecule has 0 aromatic heterocycles. The Morgan fingerprint density at radius 3 is 2.17 bits per heavy atom. The number of benzene rings is 2. The van der Waals surface area contributed by atoms with Crippen LogP contribution in [0.15, 0.2) is 48.5 Å². The minimum atomic E-state index is -0.311. The summed E-state index contributed by atoms with van der Waals surface area (Å²) in [6.07, 6.45) is 1.57. The van der Waals surface area contributed by atoms with Crippen molar-refractivity contribution in [3.05, 3.63) is 70.8 Å². The van der Waals surface area contributed by atoms with Gasteiger partial charge in [-0.05, 0) is 80.9 Å². The Bertz CT molecular complexity index is 796. The van der Waals surface area contributed by atoms with Crippen LogP contribution in [0, 0.1) is 5.92 Å². The molecule has 0 heterocycles. The average molecular weight is 430 g/mol. The number of hydrogen-bond donors (Lipinski definition) is 1. The highest BCUT2D eigenvalue weighted by Crippen LogP contribution is 2.33. The first kappa shape index (κ1) is 24.6. The summed E-state index contributed by atoms with van der Waals surface area (Å²) in [6, 6.07) is 17.6. The fourth-order valence-electron chi connectivity index (χ4n) is 4.24. The number of carbonyl (C=O) groups excluding carboxylic acids is 1. The van der Waals surface area contributed by atoms with Gasteiger partial charge in [0.1, 0.15) is 0 Å². The Balaban J connectivity index is 2.47. The zero-order valence-corrected chi connectivity index (χ0v) is 19.7. The van der Waals surface area contributed by atoms with E-state index in [0.717, 1.165) is 24.1 Å². The molecule has 0 aliphatic heterocycles. The maximum atomic E-state index is 11.7. The van der Waals surface area contributed by atoms with E-state index in [0.29, 0.717) is 18.5 Å². The molecule has 2 rings (SSSR count). The highest BCUT2D eigenvalue weighted by Gasteiger charge is 2.23. The molecule has 0 saturated heterocycles. The van der Waals surface area contributed by atoms with Crippen molar-refractivity contribution in [2.75, 3.05) is 6.54 Å². The van der Waals surface area contributed by atoms with Gasteiger partial charge < -0.3 is 5.11 Å². The molecule has 2 aromatic rings. The van der Waals surface area contributed by atoms with Gasteiger partial charge in [0.15, 0.2) is 0 Å². The maximum Gasteiger partial charge on any atom is 0.224 e. The molecule has 0 bridgehead atoms.